The van der Waals surface area contributed by atoms with Gasteiger partial charge in [-0.1, -0.05) is 45.3 Å². The van der Waals surface area contributed by atoms with Gasteiger partial charge in [0.2, 0.25) is 0 Å². The minimum Gasteiger partial charge on any atom is -0.0845 e. The van der Waals surface area contributed by atoms with Crippen LogP contribution in [0.1, 0.15) is 59.3 Å². The predicted molar refractivity (Wildman–Crippen MR) is 62.2 cm³/mol. The van der Waals surface area contributed by atoms with Crippen molar-refractivity contribution in [3.8, 4) is 0 Å². The van der Waals surface area contributed by atoms with Gasteiger partial charge < -0.3 is 0 Å². The van der Waals surface area contributed by atoms with Crippen LogP contribution in [0.25, 0.3) is 0 Å². The first-order valence-electron chi connectivity index (χ1n) is 6.38. The van der Waals surface area contributed by atoms with Crippen LogP contribution in [0.3, 0.4) is 0 Å². The molecule has 0 radical (unpaired) electrons. The lowest BCUT2D eigenvalue weighted by Gasteiger charge is -2.48. The van der Waals surface area contributed by atoms with E-state index >= 15 is 0 Å². The summed E-state index contributed by atoms with van der Waals surface area (Å²) in [6.07, 6.45) is 11.0. The van der Waals surface area contributed by atoms with Gasteiger partial charge in [-0.3, -0.25) is 0 Å². The van der Waals surface area contributed by atoms with Crippen LogP contribution in [0, 0.1) is 17.3 Å². The summed E-state index contributed by atoms with van der Waals surface area (Å²) in [7, 11) is 0. The van der Waals surface area contributed by atoms with E-state index in [1.165, 1.54) is 38.5 Å². The largest absolute Gasteiger partial charge is 0.0845 e. The van der Waals surface area contributed by atoms with E-state index in [0.717, 1.165) is 11.8 Å². The van der Waals surface area contributed by atoms with Gasteiger partial charge in [-0.15, -0.1) is 0 Å². The zero-order chi connectivity index (χ0) is 10.2. The standard InChI is InChI=1S/C14H24/c1-4-12-8-9-13-7-5-6-10-14(13,3)11(12)2/h9,11-12H,4-8,10H2,1-3H3/t11?,12-,14-/m1/s1. The highest BCUT2D eigenvalue weighted by molar-refractivity contribution is 5.21. The molecule has 1 saturated carbocycles. The maximum atomic E-state index is 2.58. The van der Waals surface area contributed by atoms with Crippen molar-refractivity contribution in [3.05, 3.63) is 11.6 Å². The first-order chi connectivity index (χ1) is 6.68. The molecule has 3 atom stereocenters. The van der Waals surface area contributed by atoms with Crippen LogP contribution in [-0.4, -0.2) is 0 Å². The molecular weight excluding hydrogens is 168 g/mol. The molecule has 0 nitrogen and oxygen atoms in total. The van der Waals surface area contributed by atoms with Gasteiger partial charge in [0.05, 0.1) is 0 Å². The van der Waals surface area contributed by atoms with Crippen molar-refractivity contribution in [1.82, 2.24) is 0 Å². The van der Waals surface area contributed by atoms with E-state index in [1.807, 2.05) is 0 Å². The van der Waals surface area contributed by atoms with Gasteiger partial charge in [-0.2, -0.15) is 0 Å². The topological polar surface area (TPSA) is 0 Å². The first kappa shape index (κ1) is 10.3. The van der Waals surface area contributed by atoms with Gasteiger partial charge in [0, 0.05) is 0 Å². The Hall–Kier alpha value is -0.260. The molecule has 0 heterocycles. The summed E-state index contributed by atoms with van der Waals surface area (Å²) >= 11 is 0. The third kappa shape index (κ3) is 1.43. The average Bonchev–Trinajstić information content (AvgIpc) is 2.20. The van der Waals surface area contributed by atoms with Crippen LogP contribution in [0.15, 0.2) is 11.6 Å². The molecule has 0 spiro atoms. The molecule has 0 heteroatoms. The Morgan fingerprint density at radius 3 is 2.93 bits per heavy atom. The Kier molecular flexibility index (Phi) is 2.72. The summed E-state index contributed by atoms with van der Waals surface area (Å²) in [5, 5.41) is 0. The lowest BCUT2D eigenvalue weighted by Crippen LogP contribution is -2.37. The van der Waals surface area contributed by atoms with Crippen LogP contribution in [-0.2, 0) is 0 Å². The second-order valence-corrected chi connectivity index (χ2v) is 5.55. The molecule has 2 aliphatic rings. The normalized spacial score (nSPS) is 42.9. The molecule has 0 bridgehead atoms. The Bertz CT molecular complexity index is 238. The number of fused-ring (bicyclic) bond motifs is 1. The van der Waals surface area contributed by atoms with Gasteiger partial charge in [0.15, 0.2) is 0 Å². The Morgan fingerprint density at radius 2 is 2.21 bits per heavy atom. The van der Waals surface area contributed by atoms with Crippen LogP contribution in [0.2, 0.25) is 0 Å². The quantitative estimate of drug-likeness (QED) is 0.534. The number of rotatable bonds is 1. The lowest BCUT2D eigenvalue weighted by atomic mass is 9.57. The molecule has 0 aromatic carbocycles. The van der Waals surface area contributed by atoms with Crippen LogP contribution < -0.4 is 0 Å². The molecule has 0 aromatic rings. The average molecular weight is 192 g/mol. The Balaban J connectivity index is 2.26. The fourth-order valence-corrected chi connectivity index (χ4v) is 3.65. The van der Waals surface area contributed by atoms with E-state index in [2.05, 4.69) is 26.8 Å². The minimum absolute atomic E-state index is 0.567. The lowest BCUT2D eigenvalue weighted by molar-refractivity contribution is 0.121. The van der Waals surface area contributed by atoms with Gasteiger partial charge >= 0.3 is 0 Å². The first-order valence-corrected chi connectivity index (χ1v) is 6.38. The highest BCUT2D eigenvalue weighted by atomic mass is 14.5. The molecule has 1 unspecified atom stereocenters. The van der Waals surface area contributed by atoms with Crippen molar-refractivity contribution in [3.63, 3.8) is 0 Å². The number of hydrogen-bond donors (Lipinski definition) is 0. The van der Waals surface area contributed by atoms with Crippen molar-refractivity contribution in [2.24, 2.45) is 17.3 Å². The summed E-state index contributed by atoms with van der Waals surface area (Å²) in [4.78, 5) is 0. The van der Waals surface area contributed by atoms with E-state index < -0.39 is 0 Å². The molecule has 1 fully saturated rings. The molecule has 14 heavy (non-hydrogen) atoms. The monoisotopic (exact) mass is 192 g/mol. The second kappa shape index (κ2) is 3.72. The maximum absolute atomic E-state index is 2.58. The molecule has 80 valence electrons. The van der Waals surface area contributed by atoms with E-state index in [-0.39, 0.29) is 0 Å². The number of hydrogen-bond acceptors (Lipinski definition) is 0. The van der Waals surface area contributed by atoms with Crippen molar-refractivity contribution in [2.45, 2.75) is 59.3 Å². The smallest absolute Gasteiger partial charge is 0.00880 e. The number of allylic oxidation sites excluding steroid dienone is 2. The molecule has 2 rings (SSSR count). The zero-order valence-electron chi connectivity index (χ0n) is 9.97. The second-order valence-electron chi connectivity index (χ2n) is 5.55. The minimum atomic E-state index is 0.567. The van der Waals surface area contributed by atoms with E-state index in [4.69, 9.17) is 0 Å². The molecule has 0 N–H and O–H groups in total. The molecule has 0 amide bonds. The Labute approximate surface area is 88.8 Å². The fourth-order valence-electron chi connectivity index (χ4n) is 3.65. The van der Waals surface area contributed by atoms with Crippen molar-refractivity contribution < 1.29 is 0 Å². The van der Waals surface area contributed by atoms with Crippen LogP contribution in [0.5, 0.6) is 0 Å². The molecule has 0 aromatic heterocycles. The molecule has 0 saturated heterocycles. The molecule has 0 aliphatic heterocycles. The maximum Gasteiger partial charge on any atom is -0.00880 e. The summed E-state index contributed by atoms with van der Waals surface area (Å²) in [5.74, 6) is 1.86. The van der Waals surface area contributed by atoms with Gasteiger partial charge in [0.25, 0.3) is 0 Å². The van der Waals surface area contributed by atoms with E-state index in [0.29, 0.717) is 5.41 Å². The summed E-state index contributed by atoms with van der Waals surface area (Å²) in [6, 6.07) is 0. The highest BCUT2D eigenvalue weighted by Gasteiger charge is 2.41. The van der Waals surface area contributed by atoms with Crippen molar-refractivity contribution in [2.75, 3.05) is 0 Å². The molecule has 2 aliphatic carbocycles. The van der Waals surface area contributed by atoms with E-state index in [1.54, 1.807) is 5.57 Å². The predicted octanol–water partition coefficient (Wildman–Crippen LogP) is 4.56. The summed E-state index contributed by atoms with van der Waals surface area (Å²) in [5.41, 5.74) is 2.36. The van der Waals surface area contributed by atoms with Gasteiger partial charge in [-0.25, -0.2) is 0 Å². The van der Waals surface area contributed by atoms with Gasteiger partial charge in [0.1, 0.15) is 0 Å². The Morgan fingerprint density at radius 1 is 1.43 bits per heavy atom. The summed E-state index contributed by atoms with van der Waals surface area (Å²) in [6.45, 7) is 7.36. The fraction of sp³-hybridized carbons (Fsp3) is 0.857. The van der Waals surface area contributed by atoms with Crippen molar-refractivity contribution >= 4 is 0 Å². The van der Waals surface area contributed by atoms with E-state index in [9.17, 15) is 0 Å². The third-order valence-electron chi connectivity index (χ3n) is 5.03. The highest BCUT2D eigenvalue weighted by Crippen LogP contribution is 2.52. The van der Waals surface area contributed by atoms with Gasteiger partial charge in [-0.05, 0) is 42.9 Å². The van der Waals surface area contributed by atoms with Crippen molar-refractivity contribution in [1.29, 1.82) is 0 Å². The van der Waals surface area contributed by atoms with Crippen LogP contribution in [0.4, 0.5) is 0 Å². The third-order valence-corrected chi connectivity index (χ3v) is 5.03. The van der Waals surface area contributed by atoms with Crippen LogP contribution >= 0.6 is 0 Å². The SMILES string of the molecule is CC[C@@H]1CC=C2CCCC[C@]2(C)C1C. The summed E-state index contributed by atoms with van der Waals surface area (Å²) < 4.78 is 0. The molecular formula is C14H24. The zero-order valence-corrected chi connectivity index (χ0v) is 9.97.